The van der Waals surface area contributed by atoms with Crippen LogP contribution in [0.2, 0.25) is 0 Å². The topological polar surface area (TPSA) is 81.7 Å². The van der Waals surface area contributed by atoms with E-state index in [0.717, 1.165) is 0 Å². The van der Waals surface area contributed by atoms with Crippen LogP contribution in [0.1, 0.15) is 6.92 Å². The van der Waals surface area contributed by atoms with Crippen LogP contribution in [0.4, 0.5) is 4.79 Å². The number of urea groups is 1. The Kier molecular flexibility index (Phi) is 5.82. The summed E-state index contributed by atoms with van der Waals surface area (Å²) in [6.45, 7) is 2.03. The molecule has 0 aliphatic rings. The van der Waals surface area contributed by atoms with Gasteiger partial charge in [-0.1, -0.05) is 0 Å². The molecule has 0 fully saturated rings. The van der Waals surface area contributed by atoms with E-state index in [0.29, 0.717) is 6.54 Å². The summed E-state index contributed by atoms with van der Waals surface area (Å²) in [5.74, 6) is -0.389. The highest BCUT2D eigenvalue weighted by Crippen LogP contribution is 1.94. The van der Waals surface area contributed by atoms with Gasteiger partial charge in [0.15, 0.2) is 0 Å². The lowest BCUT2D eigenvalue weighted by molar-refractivity contribution is -0.124. The monoisotopic (exact) mass is 203 g/mol. The van der Waals surface area contributed by atoms with Gasteiger partial charge in [-0.15, -0.1) is 0 Å². The zero-order valence-corrected chi connectivity index (χ0v) is 8.70. The van der Waals surface area contributed by atoms with Crippen molar-refractivity contribution in [3.05, 3.63) is 0 Å². The molecular weight excluding hydrogens is 186 g/mol. The average Bonchev–Trinajstić information content (AvgIpc) is 2.16. The number of carbonyl (C=O) groups excluding carboxylic acids is 2. The molecule has 0 heterocycles. The summed E-state index contributed by atoms with van der Waals surface area (Å²) in [7, 11) is 3.13. The van der Waals surface area contributed by atoms with Crippen LogP contribution in [0.15, 0.2) is 0 Å². The van der Waals surface area contributed by atoms with Gasteiger partial charge < -0.3 is 10.4 Å². The fourth-order valence-corrected chi connectivity index (χ4v) is 0.830. The molecule has 14 heavy (non-hydrogen) atoms. The van der Waals surface area contributed by atoms with Gasteiger partial charge in [-0.05, 0) is 14.0 Å². The van der Waals surface area contributed by atoms with Gasteiger partial charge in [0.05, 0.1) is 12.6 Å². The first-order valence-corrected chi connectivity index (χ1v) is 4.36. The number of carbonyl (C=O) groups is 2. The highest BCUT2D eigenvalue weighted by molar-refractivity contribution is 5.96. The molecule has 0 aliphatic carbocycles. The summed E-state index contributed by atoms with van der Waals surface area (Å²) in [4.78, 5) is 23.8. The van der Waals surface area contributed by atoms with Crippen molar-refractivity contribution in [2.45, 2.75) is 13.0 Å². The van der Waals surface area contributed by atoms with Crippen LogP contribution in [0.3, 0.4) is 0 Å². The van der Waals surface area contributed by atoms with Crippen LogP contribution in [-0.2, 0) is 4.79 Å². The highest BCUT2D eigenvalue weighted by atomic mass is 16.3. The van der Waals surface area contributed by atoms with Crippen LogP contribution in [-0.4, -0.2) is 55.2 Å². The van der Waals surface area contributed by atoms with Crippen molar-refractivity contribution in [3.8, 4) is 0 Å². The Morgan fingerprint density at radius 2 is 2.07 bits per heavy atom. The minimum absolute atomic E-state index is 0.0197. The normalized spacial score (nSPS) is 12.4. The van der Waals surface area contributed by atoms with E-state index < -0.39 is 12.1 Å². The maximum Gasteiger partial charge on any atom is 0.321 e. The van der Waals surface area contributed by atoms with Crippen molar-refractivity contribution in [2.24, 2.45) is 0 Å². The zero-order valence-electron chi connectivity index (χ0n) is 8.70. The smallest absolute Gasteiger partial charge is 0.321 e. The van der Waals surface area contributed by atoms with Crippen molar-refractivity contribution in [2.75, 3.05) is 27.2 Å². The number of amides is 3. The molecule has 6 heteroatoms. The molecule has 82 valence electrons. The molecule has 0 radical (unpaired) electrons. The van der Waals surface area contributed by atoms with E-state index in [4.69, 9.17) is 5.11 Å². The van der Waals surface area contributed by atoms with E-state index in [9.17, 15) is 9.59 Å². The number of aliphatic hydroxyl groups is 1. The van der Waals surface area contributed by atoms with E-state index in [2.05, 4.69) is 10.6 Å². The van der Waals surface area contributed by atoms with Crippen molar-refractivity contribution < 1.29 is 14.7 Å². The minimum atomic E-state index is -0.528. The maximum absolute atomic E-state index is 11.3. The average molecular weight is 203 g/mol. The number of aliphatic hydroxyl groups excluding tert-OH is 1. The number of hydrogen-bond donors (Lipinski definition) is 3. The predicted octanol–water partition coefficient (Wildman–Crippen LogP) is -1.25. The Bertz CT molecular complexity index is 208. The molecule has 0 aliphatic heterocycles. The fraction of sp³-hybridized carbons (Fsp3) is 0.750. The third kappa shape index (κ3) is 4.20. The van der Waals surface area contributed by atoms with Gasteiger partial charge in [0.2, 0.25) is 5.91 Å². The van der Waals surface area contributed by atoms with Crippen LogP contribution < -0.4 is 10.6 Å². The van der Waals surface area contributed by atoms with Gasteiger partial charge in [0.1, 0.15) is 0 Å². The molecule has 1 unspecified atom stereocenters. The number of likely N-dealkylation sites (N-methyl/N-ethyl adjacent to an activating group) is 1. The first-order chi connectivity index (χ1) is 6.52. The molecular formula is C8H17N3O3. The van der Waals surface area contributed by atoms with Crippen molar-refractivity contribution in [1.82, 2.24) is 15.5 Å². The Labute approximate surface area is 83.3 Å². The molecule has 0 aromatic rings. The van der Waals surface area contributed by atoms with Gasteiger partial charge in [-0.2, -0.15) is 0 Å². The fourth-order valence-electron chi connectivity index (χ4n) is 0.830. The quantitative estimate of drug-likeness (QED) is 0.533. The van der Waals surface area contributed by atoms with Crippen molar-refractivity contribution >= 4 is 11.9 Å². The van der Waals surface area contributed by atoms with Gasteiger partial charge in [-0.25, -0.2) is 4.79 Å². The highest BCUT2D eigenvalue weighted by Gasteiger charge is 2.18. The van der Waals surface area contributed by atoms with Gasteiger partial charge in [-0.3, -0.25) is 15.0 Å². The Morgan fingerprint density at radius 1 is 1.50 bits per heavy atom. The lowest BCUT2D eigenvalue weighted by Gasteiger charge is -2.22. The summed E-state index contributed by atoms with van der Waals surface area (Å²) < 4.78 is 0. The number of nitrogens with one attached hydrogen (secondary N) is 2. The lowest BCUT2D eigenvalue weighted by Crippen LogP contribution is -2.48. The summed E-state index contributed by atoms with van der Waals surface area (Å²) in [5.41, 5.74) is 0. The van der Waals surface area contributed by atoms with Crippen LogP contribution in [0.5, 0.6) is 0 Å². The standard InChI is InChI=1S/C8H17N3O3/c1-6(11(3)4-5-12)7(13)10-8(14)9-2/h6,12H,4-5H2,1-3H3,(H2,9,10,13,14). The molecule has 0 rings (SSSR count). The predicted molar refractivity (Wildman–Crippen MR) is 51.8 cm³/mol. The zero-order chi connectivity index (χ0) is 11.1. The molecule has 3 N–H and O–H groups in total. The lowest BCUT2D eigenvalue weighted by atomic mass is 10.3. The number of rotatable bonds is 4. The molecule has 1 atom stereocenters. The third-order valence-electron chi connectivity index (χ3n) is 1.96. The van der Waals surface area contributed by atoms with Gasteiger partial charge in [0.25, 0.3) is 0 Å². The van der Waals surface area contributed by atoms with Crippen LogP contribution in [0.25, 0.3) is 0 Å². The van der Waals surface area contributed by atoms with Crippen molar-refractivity contribution in [1.29, 1.82) is 0 Å². The largest absolute Gasteiger partial charge is 0.395 e. The first kappa shape index (κ1) is 12.9. The van der Waals surface area contributed by atoms with E-state index in [1.54, 1.807) is 18.9 Å². The Hall–Kier alpha value is -1.14. The molecule has 0 saturated carbocycles. The van der Waals surface area contributed by atoms with Crippen LogP contribution in [0, 0.1) is 0 Å². The summed E-state index contributed by atoms with van der Waals surface area (Å²) in [6, 6.07) is -0.973. The summed E-state index contributed by atoms with van der Waals surface area (Å²) in [5, 5.41) is 13.1. The van der Waals surface area contributed by atoms with Crippen LogP contribution >= 0.6 is 0 Å². The molecule has 3 amide bonds. The Balaban J connectivity index is 4.04. The van der Waals surface area contributed by atoms with Gasteiger partial charge in [0, 0.05) is 13.6 Å². The third-order valence-corrected chi connectivity index (χ3v) is 1.96. The minimum Gasteiger partial charge on any atom is -0.395 e. The summed E-state index contributed by atoms with van der Waals surface area (Å²) in [6.07, 6.45) is 0. The number of nitrogens with zero attached hydrogens (tertiary/aromatic N) is 1. The second-order valence-corrected chi connectivity index (χ2v) is 2.95. The van der Waals surface area contributed by atoms with E-state index in [1.165, 1.54) is 7.05 Å². The second kappa shape index (κ2) is 6.33. The van der Waals surface area contributed by atoms with E-state index in [1.807, 2.05) is 0 Å². The Morgan fingerprint density at radius 3 is 2.50 bits per heavy atom. The number of hydrogen-bond acceptors (Lipinski definition) is 4. The SMILES string of the molecule is CNC(=O)NC(=O)C(C)N(C)CCO. The molecule has 0 spiro atoms. The number of imide groups is 1. The first-order valence-electron chi connectivity index (χ1n) is 4.36. The molecule has 0 saturated heterocycles. The molecule has 0 aromatic heterocycles. The van der Waals surface area contributed by atoms with Gasteiger partial charge >= 0.3 is 6.03 Å². The van der Waals surface area contributed by atoms with E-state index >= 15 is 0 Å². The molecule has 0 aromatic carbocycles. The molecule has 6 nitrogen and oxygen atoms in total. The van der Waals surface area contributed by atoms with E-state index in [-0.39, 0.29) is 12.5 Å². The maximum atomic E-state index is 11.3. The molecule has 0 bridgehead atoms. The summed E-state index contributed by atoms with van der Waals surface area (Å²) >= 11 is 0. The van der Waals surface area contributed by atoms with Crippen molar-refractivity contribution in [3.63, 3.8) is 0 Å². The second-order valence-electron chi connectivity index (χ2n) is 2.95.